The van der Waals surface area contributed by atoms with E-state index in [1.807, 2.05) is 11.5 Å². The van der Waals surface area contributed by atoms with Crippen LogP contribution in [0, 0.1) is 0 Å². The molecule has 1 rings (SSSR count). The number of imidazole rings is 1. The Morgan fingerprint density at radius 3 is 2.90 bits per heavy atom. The first kappa shape index (κ1) is 7.57. The van der Waals surface area contributed by atoms with Gasteiger partial charge in [0.2, 0.25) is 0 Å². The van der Waals surface area contributed by atoms with Crippen LogP contribution in [-0.4, -0.2) is 9.55 Å². The summed E-state index contributed by atoms with van der Waals surface area (Å²) >= 11 is 5.71. The maximum absolute atomic E-state index is 5.71. The van der Waals surface area contributed by atoms with E-state index in [1.54, 1.807) is 6.33 Å². The highest BCUT2D eigenvalue weighted by molar-refractivity contribution is 6.30. The number of aromatic nitrogens is 2. The van der Waals surface area contributed by atoms with E-state index >= 15 is 0 Å². The van der Waals surface area contributed by atoms with Gasteiger partial charge in [-0.3, -0.25) is 0 Å². The van der Waals surface area contributed by atoms with Crippen molar-refractivity contribution in [2.24, 2.45) is 5.73 Å². The summed E-state index contributed by atoms with van der Waals surface area (Å²) in [4.78, 5) is 3.91. The monoisotopic (exact) mass is 159 g/mol. The Labute approximate surface area is 64.8 Å². The summed E-state index contributed by atoms with van der Waals surface area (Å²) in [5.74, 6) is 0. The van der Waals surface area contributed by atoms with Crippen LogP contribution in [0.15, 0.2) is 6.33 Å². The van der Waals surface area contributed by atoms with E-state index in [2.05, 4.69) is 4.98 Å². The first-order valence-electron chi connectivity index (χ1n) is 3.19. The average molecular weight is 160 g/mol. The summed E-state index contributed by atoms with van der Waals surface area (Å²) in [5.41, 5.74) is 6.33. The first-order valence-corrected chi connectivity index (χ1v) is 3.57. The summed E-state index contributed by atoms with van der Waals surface area (Å²) in [6, 6.07) is 0. The van der Waals surface area contributed by atoms with Crippen LogP contribution in [0.1, 0.15) is 12.6 Å². The van der Waals surface area contributed by atoms with Crippen LogP contribution in [-0.2, 0) is 13.1 Å². The van der Waals surface area contributed by atoms with Crippen molar-refractivity contribution < 1.29 is 0 Å². The molecule has 0 fully saturated rings. The fraction of sp³-hybridized carbons (Fsp3) is 0.500. The third-order valence-electron chi connectivity index (χ3n) is 1.43. The number of aryl methyl sites for hydroxylation is 1. The molecule has 0 aliphatic carbocycles. The summed E-state index contributed by atoms with van der Waals surface area (Å²) in [6.07, 6.45) is 1.70. The van der Waals surface area contributed by atoms with Crippen LogP contribution in [0.5, 0.6) is 0 Å². The van der Waals surface area contributed by atoms with Crippen LogP contribution in [0.4, 0.5) is 0 Å². The molecule has 4 heteroatoms. The van der Waals surface area contributed by atoms with Gasteiger partial charge in [0, 0.05) is 13.1 Å². The van der Waals surface area contributed by atoms with Crippen LogP contribution in [0.25, 0.3) is 0 Å². The molecule has 56 valence electrons. The van der Waals surface area contributed by atoms with Crippen LogP contribution in [0.2, 0.25) is 5.15 Å². The maximum atomic E-state index is 5.71. The van der Waals surface area contributed by atoms with Crippen molar-refractivity contribution in [3.8, 4) is 0 Å². The molecule has 0 saturated heterocycles. The minimum absolute atomic E-state index is 0.451. The molecule has 1 heterocycles. The van der Waals surface area contributed by atoms with E-state index in [0.29, 0.717) is 11.7 Å². The molecule has 10 heavy (non-hydrogen) atoms. The third kappa shape index (κ3) is 1.15. The van der Waals surface area contributed by atoms with Gasteiger partial charge in [-0.25, -0.2) is 4.98 Å². The highest BCUT2D eigenvalue weighted by Crippen LogP contribution is 2.11. The highest BCUT2D eigenvalue weighted by Gasteiger charge is 2.03. The fourth-order valence-corrected chi connectivity index (χ4v) is 1.09. The van der Waals surface area contributed by atoms with E-state index in [1.165, 1.54) is 0 Å². The van der Waals surface area contributed by atoms with E-state index < -0.39 is 0 Å². The maximum Gasteiger partial charge on any atom is 0.151 e. The summed E-state index contributed by atoms with van der Waals surface area (Å²) in [6.45, 7) is 3.34. The third-order valence-corrected chi connectivity index (χ3v) is 1.75. The molecule has 0 bridgehead atoms. The minimum Gasteiger partial charge on any atom is -0.332 e. The smallest absolute Gasteiger partial charge is 0.151 e. The number of nitrogens with two attached hydrogens (primary N) is 1. The van der Waals surface area contributed by atoms with Crippen LogP contribution >= 0.6 is 11.6 Å². The molecule has 0 radical (unpaired) electrons. The average Bonchev–Trinajstić information content (AvgIpc) is 2.30. The summed E-state index contributed by atoms with van der Waals surface area (Å²) < 4.78 is 1.93. The summed E-state index contributed by atoms with van der Waals surface area (Å²) in [5, 5.41) is 0.518. The number of halogens is 1. The fourth-order valence-electron chi connectivity index (χ4n) is 0.857. The van der Waals surface area contributed by atoms with E-state index in [0.717, 1.165) is 12.2 Å². The molecular weight excluding hydrogens is 150 g/mol. The van der Waals surface area contributed by atoms with Crippen molar-refractivity contribution in [1.29, 1.82) is 0 Å². The van der Waals surface area contributed by atoms with Crippen molar-refractivity contribution in [2.45, 2.75) is 20.0 Å². The Hall–Kier alpha value is -0.540. The largest absolute Gasteiger partial charge is 0.332 e. The zero-order valence-electron chi connectivity index (χ0n) is 5.84. The molecule has 1 aromatic rings. The van der Waals surface area contributed by atoms with E-state index in [-0.39, 0.29) is 0 Å². The van der Waals surface area contributed by atoms with Gasteiger partial charge < -0.3 is 10.3 Å². The molecule has 0 aliphatic rings. The molecule has 0 aromatic carbocycles. The predicted octanol–water partition coefficient (Wildman–Crippen LogP) is 1.02. The number of rotatable bonds is 2. The van der Waals surface area contributed by atoms with Crippen molar-refractivity contribution in [2.75, 3.05) is 0 Å². The van der Waals surface area contributed by atoms with Crippen molar-refractivity contribution in [1.82, 2.24) is 9.55 Å². The van der Waals surface area contributed by atoms with Gasteiger partial charge in [-0.1, -0.05) is 11.6 Å². The second-order valence-corrected chi connectivity index (χ2v) is 2.33. The lowest BCUT2D eigenvalue weighted by Crippen LogP contribution is -2.05. The lowest BCUT2D eigenvalue weighted by Gasteiger charge is -2.00. The second kappa shape index (κ2) is 3.03. The molecule has 0 unspecified atom stereocenters. The number of nitrogens with zero attached hydrogens (tertiary/aromatic N) is 2. The van der Waals surface area contributed by atoms with Crippen molar-refractivity contribution in [3.63, 3.8) is 0 Å². The number of hydrogen-bond donors (Lipinski definition) is 1. The van der Waals surface area contributed by atoms with E-state index in [9.17, 15) is 0 Å². The quantitative estimate of drug-likeness (QED) is 0.700. The van der Waals surface area contributed by atoms with Gasteiger partial charge in [-0.05, 0) is 6.92 Å². The Morgan fingerprint density at radius 1 is 1.80 bits per heavy atom. The Bertz CT molecular complexity index is 219. The second-order valence-electron chi connectivity index (χ2n) is 1.97. The van der Waals surface area contributed by atoms with Crippen LogP contribution in [0.3, 0.4) is 0 Å². The Balaban J connectivity index is 3.01. The van der Waals surface area contributed by atoms with Crippen LogP contribution < -0.4 is 5.73 Å². The number of hydrogen-bond acceptors (Lipinski definition) is 2. The molecule has 0 atom stereocenters. The van der Waals surface area contributed by atoms with Gasteiger partial charge in [-0.2, -0.15) is 0 Å². The molecular formula is C6H10ClN3. The molecule has 1 aromatic heterocycles. The standard InChI is InChI=1S/C6H10ClN3/c1-2-10-4-9-6(7)5(10)3-8/h4H,2-3,8H2,1H3. The zero-order chi connectivity index (χ0) is 7.56. The topological polar surface area (TPSA) is 43.8 Å². The molecule has 0 amide bonds. The first-order chi connectivity index (χ1) is 4.79. The van der Waals surface area contributed by atoms with Crippen molar-refractivity contribution >= 4 is 11.6 Å². The van der Waals surface area contributed by atoms with Gasteiger partial charge in [0.15, 0.2) is 5.15 Å². The molecule has 0 aliphatic heterocycles. The van der Waals surface area contributed by atoms with Gasteiger partial charge in [0.05, 0.1) is 12.0 Å². The van der Waals surface area contributed by atoms with Gasteiger partial charge in [0.1, 0.15) is 0 Å². The zero-order valence-corrected chi connectivity index (χ0v) is 6.60. The molecule has 2 N–H and O–H groups in total. The van der Waals surface area contributed by atoms with Gasteiger partial charge in [-0.15, -0.1) is 0 Å². The Kier molecular flexibility index (Phi) is 2.29. The summed E-state index contributed by atoms with van der Waals surface area (Å²) in [7, 11) is 0. The Morgan fingerprint density at radius 2 is 2.50 bits per heavy atom. The lowest BCUT2D eigenvalue weighted by atomic mass is 10.4. The highest BCUT2D eigenvalue weighted by atomic mass is 35.5. The molecule has 0 saturated carbocycles. The van der Waals surface area contributed by atoms with Gasteiger partial charge in [0.25, 0.3) is 0 Å². The molecule has 3 nitrogen and oxygen atoms in total. The van der Waals surface area contributed by atoms with Gasteiger partial charge >= 0.3 is 0 Å². The normalized spacial score (nSPS) is 10.3. The van der Waals surface area contributed by atoms with E-state index in [4.69, 9.17) is 17.3 Å². The predicted molar refractivity (Wildman–Crippen MR) is 40.8 cm³/mol. The lowest BCUT2D eigenvalue weighted by molar-refractivity contribution is 0.712. The molecule has 0 spiro atoms. The SMILES string of the molecule is CCn1cnc(Cl)c1CN. The van der Waals surface area contributed by atoms with Crippen molar-refractivity contribution in [3.05, 3.63) is 17.2 Å². The minimum atomic E-state index is 0.451.